The number of rotatable bonds is 2. The van der Waals surface area contributed by atoms with Crippen LogP contribution in [0.15, 0.2) is 30.7 Å². The van der Waals surface area contributed by atoms with Gasteiger partial charge in [-0.05, 0) is 12.1 Å². The summed E-state index contributed by atoms with van der Waals surface area (Å²) in [4.78, 5) is 10.9. The van der Waals surface area contributed by atoms with Gasteiger partial charge in [0.15, 0.2) is 0 Å². The second-order valence-corrected chi connectivity index (χ2v) is 5.62. The van der Waals surface area contributed by atoms with E-state index in [1.54, 1.807) is 0 Å². The number of hydrogen-bond acceptors (Lipinski definition) is 5. The van der Waals surface area contributed by atoms with Crippen molar-refractivity contribution in [1.82, 2.24) is 15.0 Å². The predicted octanol–water partition coefficient (Wildman–Crippen LogP) is 2.34. The molecular formula is C11H6F3N3O3S. The van der Waals surface area contributed by atoms with Crippen molar-refractivity contribution in [1.29, 1.82) is 0 Å². The first-order valence-corrected chi connectivity index (χ1v) is 6.91. The molecule has 0 radical (unpaired) electrons. The van der Waals surface area contributed by atoms with Crippen molar-refractivity contribution in [2.75, 3.05) is 0 Å². The lowest BCUT2D eigenvalue weighted by Gasteiger charge is -2.09. The Morgan fingerprint density at radius 1 is 1.19 bits per heavy atom. The van der Waals surface area contributed by atoms with Crippen LogP contribution in [-0.4, -0.2) is 28.9 Å². The van der Waals surface area contributed by atoms with Crippen LogP contribution in [0.25, 0.3) is 21.9 Å². The molecule has 0 saturated carbocycles. The number of nitrogens with zero attached hydrogens (tertiary/aromatic N) is 2. The van der Waals surface area contributed by atoms with Crippen LogP contribution in [0.3, 0.4) is 0 Å². The van der Waals surface area contributed by atoms with Crippen LogP contribution in [0.1, 0.15) is 0 Å². The third-order valence-electron chi connectivity index (χ3n) is 2.72. The van der Waals surface area contributed by atoms with Crippen molar-refractivity contribution in [3.63, 3.8) is 0 Å². The summed E-state index contributed by atoms with van der Waals surface area (Å²) in [6, 6.07) is 3.61. The van der Waals surface area contributed by atoms with Crippen molar-refractivity contribution in [3.05, 3.63) is 30.7 Å². The van der Waals surface area contributed by atoms with Crippen molar-refractivity contribution in [3.8, 4) is 5.75 Å². The van der Waals surface area contributed by atoms with Gasteiger partial charge >= 0.3 is 15.6 Å². The molecule has 3 rings (SSSR count). The largest absolute Gasteiger partial charge is 0.534 e. The lowest BCUT2D eigenvalue weighted by molar-refractivity contribution is -0.0500. The molecule has 2 heterocycles. The summed E-state index contributed by atoms with van der Waals surface area (Å²) in [5, 5.41) is 0.561. The van der Waals surface area contributed by atoms with Crippen molar-refractivity contribution in [2.45, 2.75) is 5.51 Å². The number of pyridine rings is 1. The SMILES string of the molecule is O=S(=O)(Oc1ccc2c(c1)ncc1[nH]cnc12)C(F)(F)F. The summed E-state index contributed by atoms with van der Waals surface area (Å²) < 4.78 is 62.7. The first-order chi connectivity index (χ1) is 9.78. The number of halogens is 3. The van der Waals surface area contributed by atoms with E-state index in [0.29, 0.717) is 16.4 Å². The standard InChI is InChI=1S/C11H6F3N3O3S/c12-11(13,14)21(18,19)20-6-1-2-7-8(3-6)15-4-9-10(7)17-5-16-9/h1-5H,(H,16,17). The molecule has 0 atom stereocenters. The third-order valence-corrected chi connectivity index (χ3v) is 3.69. The molecule has 0 aliphatic heterocycles. The number of alkyl halides is 3. The van der Waals surface area contributed by atoms with Crippen LogP contribution in [0.5, 0.6) is 5.75 Å². The van der Waals surface area contributed by atoms with E-state index >= 15 is 0 Å². The minimum atomic E-state index is -5.70. The summed E-state index contributed by atoms with van der Waals surface area (Å²) in [6.45, 7) is 0. The average molecular weight is 317 g/mol. The maximum atomic E-state index is 12.3. The van der Waals surface area contributed by atoms with Gasteiger partial charge in [-0.1, -0.05) is 0 Å². The molecule has 0 bridgehead atoms. The highest BCUT2D eigenvalue weighted by Gasteiger charge is 2.48. The Morgan fingerprint density at radius 3 is 2.67 bits per heavy atom. The number of hydrogen-bond donors (Lipinski definition) is 1. The zero-order valence-electron chi connectivity index (χ0n) is 10.0. The summed E-state index contributed by atoms with van der Waals surface area (Å²) in [7, 11) is -5.70. The number of imidazole rings is 1. The molecule has 1 N–H and O–H groups in total. The Balaban J connectivity index is 2.08. The molecule has 10 heteroatoms. The molecule has 6 nitrogen and oxygen atoms in total. The maximum Gasteiger partial charge on any atom is 0.534 e. The van der Waals surface area contributed by atoms with E-state index in [-0.39, 0.29) is 5.52 Å². The Labute approximate surface area is 115 Å². The first-order valence-electron chi connectivity index (χ1n) is 5.50. The van der Waals surface area contributed by atoms with Crippen molar-refractivity contribution in [2.24, 2.45) is 0 Å². The predicted molar refractivity (Wildman–Crippen MR) is 67.0 cm³/mol. The van der Waals surface area contributed by atoms with Gasteiger partial charge < -0.3 is 9.17 Å². The molecule has 0 unspecified atom stereocenters. The van der Waals surface area contributed by atoms with Gasteiger partial charge in [0.2, 0.25) is 0 Å². The molecule has 0 spiro atoms. The summed E-state index contributed by atoms with van der Waals surface area (Å²) in [6.07, 6.45) is 2.89. The van der Waals surface area contributed by atoms with Crippen molar-refractivity contribution >= 4 is 32.1 Å². The van der Waals surface area contributed by atoms with Crippen LogP contribution in [-0.2, 0) is 10.1 Å². The van der Waals surface area contributed by atoms with Gasteiger partial charge in [-0.15, -0.1) is 0 Å². The Hall–Kier alpha value is -2.36. The molecule has 21 heavy (non-hydrogen) atoms. The number of fused-ring (bicyclic) bond motifs is 3. The highest BCUT2D eigenvalue weighted by molar-refractivity contribution is 7.88. The first kappa shape index (κ1) is 13.6. The lowest BCUT2D eigenvalue weighted by Crippen LogP contribution is -2.28. The zero-order chi connectivity index (χ0) is 15.3. The van der Waals surface area contributed by atoms with Gasteiger partial charge in [0.25, 0.3) is 0 Å². The quantitative estimate of drug-likeness (QED) is 0.579. The molecule has 0 fully saturated rings. The fourth-order valence-corrected chi connectivity index (χ4v) is 2.25. The minimum absolute atomic E-state index is 0.268. The maximum absolute atomic E-state index is 12.3. The smallest absolute Gasteiger partial charge is 0.376 e. The summed E-state index contributed by atoms with van der Waals surface area (Å²) >= 11 is 0. The summed E-state index contributed by atoms with van der Waals surface area (Å²) in [5.41, 5.74) is -3.99. The topological polar surface area (TPSA) is 84.9 Å². The molecule has 0 saturated heterocycles. The molecule has 0 aliphatic rings. The molecule has 3 aromatic rings. The fourth-order valence-electron chi connectivity index (χ4n) is 1.80. The molecule has 0 aliphatic carbocycles. The van der Waals surface area contributed by atoms with Gasteiger partial charge in [0.1, 0.15) is 5.75 Å². The normalized spacial score (nSPS) is 12.9. The van der Waals surface area contributed by atoms with E-state index in [4.69, 9.17) is 0 Å². The monoisotopic (exact) mass is 317 g/mol. The van der Waals surface area contributed by atoms with Gasteiger partial charge in [-0.3, -0.25) is 4.98 Å². The fraction of sp³-hybridized carbons (Fsp3) is 0.0909. The number of H-pyrrole nitrogens is 1. The van der Waals surface area contributed by atoms with E-state index < -0.39 is 21.4 Å². The lowest BCUT2D eigenvalue weighted by atomic mass is 10.2. The van der Waals surface area contributed by atoms with E-state index in [9.17, 15) is 21.6 Å². The highest BCUT2D eigenvalue weighted by Crippen LogP contribution is 2.29. The molecular weight excluding hydrogens is 311 g/mol. The summed E-state index contributed by atoms with van der Waals surface area (Å²) in [5.74, 6) is -0.470. The number of aromatic amines is 1. The molecule has 2 aromatic heterocycles. The number of aromatic nitrogens is 3. The Kier molecular flexibility index (Phi) is 2.80. The van der Waals surface area contributed by atoms with E-state index in [2.05, 4.69) is 19.1 Å². The minimum Gasteiger partial charge on any atom is -0.376 e. The van der Waals surface area contributed by atoms with Gasteiger partial charge in [-0.25, -0.2) is 4.98 Å². The number of benzene rings is 1. The van der Waals surface area contributed by atoms with Crippen LogP contribution in [0.2, 0.25) is 0 Å². The van der Waals surface area contributed by atoms with Crippen LogP contribution >= 0.6 is 0 Å². The van der Waals surface area contributed by atoms with Crippen LogP contribution in [0.4, 0.5) is 13.2 Å². The molecule has 1 aromatic carbocycles. The Bertz CT molecular complexity index is 934. The van der Waals surface area contributed by atoms with Crippen LogP contribution < -0.4 is 4.18 Å². The van der Waals surface area contributed by atoms with Gasteiger partial charge in [0.05, 0.1) is 29.1 Å². The second-order valence-electron chi connectivity index (χ2n) is 4.09. The van der Waals surface area contributed by atoms with E-state index in [0.717, 1.165) is 12.1 Å². The average Bonchev–Trinajstić information content (AvgIpc) is 2.85. The third kappa shape index (κ3) is 2.27. The van der Waals surface area contributed by atoms with E-state index in [1.807, 2.05) is 0 Å². The van der Waals surface area contributed by atoms with Crippen LogP contribution in [0, 0.1) is 0 Å². The molecule has 110 valence electrons. The van der Waals surface area contributed by atoms with E-state index in [1.165, 1.54) is 18.6 Å². The Morgan fingerprint density at radius 2 is 1.95 bits per heavy atom. The van der Waals surface area contributed by atoms with Gasteiger partial charge in [-0.2, -0.15) is 21.6 Å². The van der Waals surface area contributed by atoms with Crippen molar-refractivity contribution < 1.29 is 25.8 Å². The second kappa shape index (κ2) is 4.32. The highest BCUT2D eigenvalue weighted by atomic mass is 32.2. The zero-order valence-corrected chi connectivity index (χ0v) is 10.9. The molecule has 0 amide bonds. The number of nitrogens with one attached hydrogen (secondary N) is 1. The van der Waals surface area contributed by atoms with Gasteiger partial charge in [0, 0.05) is 11.5 Å².